The van der Waals surface area contributed by atoms with E-state index in [0.717, 1.165) is 6.07 Å². The first-order chi connectivity index (χ1) is 9.10. The van der Waals surface area contributed by atoms with Crippen LogP contribution < -0.4 is 4.74 Å². The van der Waals surface area contributed by atoms with Crippen LogP contribution in [0.1, 0.15) is 11.1 Å². The van der Waals surface area contributed by atoms with Crippen LogP contribution in [-0.4, -0.2) is 0 Å². The summed E-state index contributed by atoms with van der Waals surface area (Å²) in [5.41, 5.74) is 0.797. The summed E-state index contributed by atoms with van der Waals surface area (Å²) < 4.78 is 31.7. The van der Waals surface area contributed by atoms with E-state index in [0.29, 0.717) is 15.8 Å². The SMILES string of the molecule is N#Cc1cc(F)ccc1COc1ccc(F)c(Br)c1. The Hall–Kier alpha value is -1.93. The lowest BCUT2D eigenvalue weighted by Gasteiger charge is -2.08. The van der Waals surface area contributed by atoms with Gasteiger partial charge in [0, 0.05) is 5.56 Å². The number of hydrogen-bond donors (Lipinski definition) is 0. The van der Waals surface area contributed by atoms with Gasteiger partial charge in [0.1, 0.15) is 24.0 Å². The quantitative estimate of drug-likeness (QED) is 0.849. The topological polar surface area (TPSA) is 33.0 Å². The van der Waals surface area contributed by atoms with Crippen LogP contribution in [0.5, 0.6) is 5.75 Å². The van der Waals surface area contributed by atoms with Crippen molar-refractivity contribution in [1.29, 1.82) is 5.26 Å². The zero-order valence-corrected chi connectivity index (χ0v) is 11.2. The predicted octanol–water partition coefficient (Wildman–Crippen LogP) is 4.18. The van der Waals surface area contributed by atoms with Gasteiger partial charge in [-0.1, -0.05) is 6.07 Å². The summed E-state index contributed by atoms with van der Waals surface area (Å²) in [7, 11) is 0. The minimum absolute atomic E-state index is 0.112. The number of ether oxygens (including phenoxy) is 1. The van der Waals surface area contributed by atoms with Gasteiger partial charge in [0.25, 0.3) is 0 Å². The van der Waals surface area contributed by atoms with Gasteiger partial charge < -0.3 is 4.74 Å². The molecular formula is C14H8BrF2NO. The normalized spacial score (nSPS) is 10.0. The molecule has 0 amide bonds. The Morgan fingerprint density at radius 2 is 1.95 bits per heavy atom. The monoisotopic (exact) mass is 323 g/mol. The number of nitrogens with zero attached hydrogens (tertiary/aromatic N) is 1. The molecule has 0 aliphatic rings. The Morgan fingerprint density at radius 1 is 1.16 bits per heavy atom. The lowest BCUT2D eigenvalue weighted by atomic mass is 10.1. The molecule has 0 aliphatic carbocycles. The van der Waals surface area contributed by atoms with Crippen LogP contribution in [-0.2, 0) is 6.61 Å². The minimum Gasteiger partial charge on any atom is -0.489 e. The Morgan fingerprint density at radius 3 is 2.63 bits per heavy atom. The number of rotatable bonds is 3. The fourth-order valence-electron chi connectivity index (χ4n) is 1.51. The predicted molar refractivity (Wildman–Crippen MR) is 69.5 cm³/mol. The van der Waals surface area contributed by atoms with E-state index in [-0.39, 0.29) is 18.0 Å². The Balaban J connectivity index is 2.14. The van der Waals surface area contributed by atoms with E-state index in [4.69, 9.17) is 10.00 Å². The standard InChI is InChI=1S/C14H8BrF2NO/c15-13-6-12(3-4-14(13)17)19-8-9-1-2-11(16)5-10(9)7-18/h1-6H,8H2. The van der Waals surface area contributed by atoms with Crippen LogP contribution >= 0.6 is 15.9 Å². The van der Waals surface area contributed by atoms with Crippen LogP contribution in [0, 0.1) is 23.0 Å². The molecule has 0 unspecified atom stereocenters. The van der Waals surface area contributed by atoms with Crippen molar-refractivity contribution in [2.24, 2.45) is 0 Å². The fourth-order valence-corrected chi connectivity index (χ4v) is 1.86. The van der Waals surface area contributed by atoms with Gasteiger partial charge in [-0.25, -0.2) is 8.78 Å². The molecule has 0 heterocycles. The molecule has 0 atom stereocenters. The van der Waals surface area contributed by atoms with Gasteiger partial charge in [0.15, 0.2) is 0 Å². The molecule has 2 aromatic rings. The van der Waals surface area contributed by atoms with Gasteiger partial charge >= 0.3 is 0 Å². The first-order valence-electron chi connectivity index (χ1n) is 5.36. The van der Waals surface area contributed by atoms with E-state index in [1.807, 2.05) is 6.07 Å². The average molecular weight is 324 g/mol. The molecule has 2 nitrogen and oxygen atoms in total. The molecule has 0 N–H and O–H groups in total. The third-order valence-corrected chi connectivity index (χ3v) is 3.09. The molecular weight excluding hydrogens is 316 g/mol. The molecule has 5 heteroatoms. The third kappa shape index (κ3) is 3.30. The Kier molecular flexibility index (Phi) is 4.13. The number of hydrogen-bond acceptors (Lipinski definition) is 2. The number of halogens is 3. The van der Waals surface area contributed by atoms with Gasteiger partial charge in [-0.2, -0.15) is 5.26 Å². The molecule has 0 saturated carbocycles. The second kappa shape index (κ2) is 5.81. The minimum atomic E-state index is -0.468. The highest BCUT2D eigenvalue weighted by Gasteiger charge is 2.06. The van der Waals surface area contributed by atoms with E-state index in [2.05, 4.69) is 15.9 Å². The van der Waals surface area contributed by atoms with Crippen molar-refractivity contribution < 1.29 is 13.5 Å². The van der Waals surface area contributed by atoms with Gasteiger partial charge in [0.05, 0.1) is 16.1 Å². The maximum atomic E-state index is 13.0. The highest BCUT2D eigenvalue weighted by molar-refractivity contribution is 9.10. The van der Waals surface area contributed by atoms with E-state index < -0.39 is 5.82 Å². The third-order valence-electron chi connectivity index (χ3n) is 2.48. The van der Waals surface area contributed by atoms with Crippen LogP contribution in [0.15, 0.2) is 40.9 Å². The Labute approximate surface area is 117 Å². The molecule has 2 aromatic carbocycles. The molecule has 0 spiro atoms. The van der Waals surface area contributed by atoms with E-state index >= 15 is 0 Å². The first kappa shape index (κ1) is 13.5. The summed E-state index contributed by atoms with van der Waals surface area (Å²) in [5, 5.41) is 8.89. The average Bonchev–Trinajstić information content (AvgIpc) is 2.41. The van der Waals surface area contributed by atoms with Crippen LogP contribution in [0.2, 0.25) is 0 Å². The largest absolute Gasteiger partial charge is 0.489 e. The molecule has 0 saturated heterocycles. The van der Waals surface area contributed by atoms with Crippen molar-refractivity contribution in [3.8, 4) is 11.8 Å². The highest BCUT2D eigenvalue weighted by Crippen LogP contribution is 2.23. The van der Waals surface area contributed by atoms with Gasteiger partial charge in [-0.05, 0) is 46.3 Å². The molecule has 0 aliphatic heterocycles. The maximum Gasteiger partial charge on any atom is 0.137 e. The van der Waals surface area contributed by atoms with Crippen molar-refractivity contribution >= 4 is 15.9 Å². The zero-order chi connectivity index (χ0) is 13.8. The second-order valence-electron chi connectivity index (χ2n) is 3.78. The lowest BCUT2D eigenvalue weighted by molar-refractivity contribution is 0.305. The lowest BCUT2D eigenvalue weighted by Crippen LogP contribution is -1.99. The summed E-state index contributed by atoms with van der Waals surface area (Å²) in [4.78, 5) is 0. The summed E-state index contributed by atoms with van der Waals surface area (Å²) in [6.07, 6.45) is 0. The van der Waals surface area contributed by atoms with Crippen molar-refractivity contribution in [2.45, 2.75) is 6.61 Å². The van der Waals surface area contributed by atoms with Gasteiger partial charge in [-0.15, -0.1) is 0 Å². The molecule has 96 valence electrons. The number of nitriles is 1. The first-order valence-corrected chi connectivity index (χ1v) is 6.16. The smallest absolute Gasteiger partial charge is 0.137 e. The molecule has 2 rings (SSSR count). The molecule has 0 fully saturated rings. The maximum absolute atomic E-state index is 13.0. The van der Waals surface area contributed by atoms with E-state index in [1.165, 1.54) is 30.3 Å². The van der Waals surface area contributed by atoms with Crippen molar-refractivity contribution in [1.82, 2.24) is 0 Å². The van der Waals surface area contributed by atoms with E-state index in [1.54, 1.807) is 0 Å². The number of benzene rings is 2. The van der Waals surface area contributed by atoms with Gasteiger partial charge in [0.2, 0.25) is 0 Å². The fraction of sp³-hybridized carbons (Fsp3) is 0.0714. The zero-order valence-electron chi connectivity index (χ0n) is 9.66. The summed E-state index contributed by atoms with van der Waals surface area (Å²) in [5.74, 6) is -0.391. The molecule has 19 heavy (non-hydrogen) atoms. The Bertz CT molecular complexity index is 652. The van der Waals surface area contributed by atoms with Crippen molar-refractivity contribution in [3.63, 3.8) is 0 Å². The second-order valence-corrected chi connectivity index (χ2v) is 4.63. The molecule has 0 bridgehead atoms. The summed E-state index contributed by atoms with van der Waals surface area (Å²) in [6, 6.07) is 10.1. The van der Waals surface area contributed by atoms with Crippen molar-refractivity contribution in [3.05, 3.63) is 63.6 Å². The molecule has 0 aromatic heterocycles. The van der Waals surface area contributed by atoms with Crippen molar-refractivity contribution in [2.75, 3.05) is 0 Å². The molecule has 0 radical (unpaired) electrons. The van der Waals surface area contributed by atoms with Gasteiger partial charge in [-0.3, -0.25) is 0 Å². The summed E-state index contributed by atoms with van der Waals surface area (Å²) in [6.45, 7) is 0.112. The van der Waals surface area contributed by atoms with E-state index in [9.17, 15) is 8.78 Å². The summed E-state index contributed by atoms with van der Waals surface area (Å²) >= 11 is 3.05. The van der Waals surface area contributed by atoms with Crippen LogP contribution in [0.25, 0.3) is 0 Å². The van der Waals surface area contributed by atoms with Crippen LogP contribution in [0.3, 0.4) is 0 Å². The highest BCUT2D eigenvalue weighted by atomic mass is 79.9. The van der Waals surface area contributed by atoms with Crippen LogP contribution in [0.4, 0.5) is 8.78 Å².